The fourth-order valence-electron chi connectivity index (χ4n) is 2.73. The third kappa shape index (κ3) is 3.99. The zero-order valence-electron chi connectivity index (χ0n) is 14.3. The van der Waals surface area contributed by atoms with Crippen molar-refractivity contribution in [2.75, 3.05) is 10.0 Å². The minimum Gasteiger partial charge on any atom is -0.325 e. The lowest BCUT2D eigenvalue weighted by molar-refractivity contribution is -0.116. The van der Waals surface area contributed by atoms with Crippen LogP contribution < -0.4 is 10.0 Å². The average molecular weight is 377 g/mol. The number of rotatable bonds is 3. The molecule has 0 unspecified atom stereocenters. The molecule has 0 saturated carbocycles. The average Bonchev–Trinajstić information content (AvgIpc) is 2.65. The molecule has 1 aliphatic heterocycles. The van der Waals surface area contributed by atoms with Gasteiger partial charge >= 0.3 is 0 Å². The summed E-state index contributed by atoms with van der Waals surface area (Å²) in [6.45, 7) is 5.80. The monoisotopic (exact) mass is 376 g/mol. The van der Waals surface area contributed by atoms with Crippen LogP contribution >= 0.6 is 11.8 Å². The topological polar surface area (TPSA) is 75.3 Å². The third-order valence-corrected chi connectivity index (χ3v) is 6.50. The van der Waals surface area contributed by atoms with E-state index in [1.54, 1.807) is 30.0 Å². The fraction of sp³-hybridized carbons (Fsp3) is 0.278. The van der Waals surface area contributed by atoms with E-state index in [1.165, 1.54) is 6.07 Å². The van der Waals surface area contributed by atoms with Crippen molar-refractivity contribution < 1.29 is 13.2 Å². The van der Waals surface area contributed by atoms with Crippen molar-refractivity contribution in [2.24, 2.45) is 0 Å². The Morgan fingerprint density at radius 1 is 1.16 bits per heavy atom. The van der Waals surface area contributed by atoms with Crippen LogP contribution in [0.5, 0.6) is 0 Å². The summed E-state index contributed by atoms with van der Waals surface area (Å²) in [5, 5.41) is 2.95. The molecule has 5 nitrogen and oxygen atoms in total. The van der Waals surface area contributed by atoms with E-state index in [0.717, 1.165) is 16.0 Å². The number of fused-ring (bicyclic) bond motifs is 1. The Morgan fingerprint density at radius 2 is 1.92 bits per heavy atom. The molecule has 0 aromatic heterocycles. The number of anilines is 2. The first-order valence-corrected chi connectivity index (χ1v) is 10.3. The van der Waals surface area contributed by atoms with E-state index in [9.17, 15) is 13.2 Å². The normalized spacial score (nSPS) is 17.4. The summed E-state index contributed by atoms with van der Waals surface area (Å²) in [5.41, 5.74) is 3.02. The van der Waals surface area contributed by atoms with Crippen LogP contribution in [0.4, 0.5) is 11.4 Å². The van der Waals surface area contributed by atoms with Crippen molar-refractivity contribution >= 4 is 39.1 Å². The highest BCUT2D eigenvalue weighted by Crippen LogP contribution is 2.36. The van der Waals surface area contributed by atoms with Crippen molar-refractivity contribution in [1.82, 2.24) is 0 Å². The molecule has 3 rings (SSSR count). The molecule has 0 saturated heterocycles. The first-order chi connectivity index (χ1) is 11.7. The molecule has 2 aromatic rings. The van der Waals surface area contributed by atoms with E-state index in [1.807, 2.05) is 32.9 Å². The molecule has 7 heteroatoms. The molecular formula is C18H20N2O3S2. The number of nitrogens with one attached hydrogen (secondary N) is 2. The summed E-state index contributed by atoms with van der Waals surface area (Å²) in [6.07, 6.45) is 0.405. The maximum absolute atomic E-state index is 12.7. The maximum atomic E-state index is 12.7. The molecule has 0 radical (unpaired) electrons. The van der Waals surface area contributed by atoms with Gasteiger partial charge in [-0.05, 0) is 43.7 Å². The minimum absolute atomic E-state index is 0.101. The summed E-state index contributed by atoms with van der Waals surface area (Å²) >= 11 is 1.57. The highest BCUT2D eigenvalue weighted by Gasteiger charge is 2.22. The van der Waals surface area contributed by atoms with Gasteiger partial charge < -0.3 is 5.32 Å². The molecule has 2 N–H and O–H groups in total. The number of carbonyl (C=O) groups excluding carboxylic acids is 1. The smallest absolute Gasteiger partial charge is 0.261 e. The van der Waals surface area contributed by atoms with Crippen LogP contribution in [0.25, 0.3) is 0 Å². The predicted molar refractivity (Wildman–Crippen MR) is 102 cm³/mol. The van der Waals surface area contributed by atoms with Gasteiger partial charge in [-0.15, -0.1) is 11.8 Å². The van der Waals surface area contributed by atoms with Gasteiger partial charge in [0, 0.05) is 16.6 Å². The molecule has 2 aromatic carbocycles. The Morgan fingerprint density at radius 3 is 2.64 bits per heavy atom. The van der Waals surface area contributed by atoms with Crippen LogP contribution in [0.2, 0.25) is 0 Å². The van der Waals surface area contributed by atoms with E-state index in [0.29, 0.717) is 17.8 Å². The number of amides is 1. The van der Waals surface area contributed by atoms with Crippen molar-refractivity contribution in [1.29, 1.82) is 0 Å². The Bertz CT molecular complexity index is 939. The summed E-state index contributed by atoms with van der Waals surface area (Å²) < 4.78 is 28.1. The van der Waals surface area contributed by atoms with E-state index >= 15 is 0 Å². The first-order valence-electron chi connectivity index (χ1n) is 7.95. The van der Waals surface area contributed by atoms with Gasteiger partial charge in [0.05, 0.1) is 16.3 Å². The maximum Gasteiger partial charge on any atom is 0.261 e. The van der Waals surface area contributed by atoms with Gasteiger partial charge in [-0.1, -0.05) is 24.6 Å². The Kier molecular flexibility index (Phi) is 4.79. The highest BCUT2D eigenvalue weighted by atomic mass is 32.2. The van der Waals surface area contributed by atoms with E-state index in [-0.39, 0.29) is 16.1 Å². The van der Waals surface area contributed by atoms with Crippen LogP contribution in [0.3, 0.4) is 0 Å². The number of hydrogen-bond acceptors (Lipinski definition) is 4. The van der Waals surface area contributed by atoms with Gasteiger partial charge in [0.2, 0.25) is 5.91 Å². The Labute approximate surface area is 152 Å². The van der Waals surface area contributed by atoms with Crippen LogP contribution in [0, 0.1) is 13.8 Å². The van der Waals surface area contributed by atoms with Crippen molar-refractivity contribution in [2.45, 2.75) is 42.2 Å². The summed E-state index contributed by atoms with van der Waals surface area (Å²) in [7, 11) is -3.74. The summed E-state index contributed by atoms with van der Waals surface area (Å²) in [6, 6.07) is 10.4. The van der Waals surface area contributed by atoms with Crippen LogP contribution in [-0.2, 0) is 14.8 Å². The second kappa shape index (κ2) is 6.72. The lowest BCUT2D eigenvalue weighted by Crippen LogP contribution is -2.15. The van der Waals surface area contributed by atoms with Gasteiger partial charge in [-0.25, -0.2) is 8.42 Å². The molecule has 0 aliphatic carbocycles. The minimum atomic E-state index is -3.74. The van der Waals surface area contributed by atoms with E-state index in [4.69, 9.17) is 0 Å². The zero-order chi connectivity index (χ0) is 18.2. The van der Waals surface area contributed by atoms with E-state index in [2.05, 4.69) is 10.0 Å². The number of sulfonamides is 1. The van der Waals surface area contributed by atoms with E-state index < -0.39 is 10.0 Å². The van der Waals surface area contributed by atoms with Gasteiger partial charge in [-0.2, -0.15) is 0 Å². The fourth-order valence-corrected chi connectivity index (χ4v) is 4.94. The van der Waals surface area contributed by atoms with Gasteiger partial charge in [0.15, 0.2) is 0 Å². The van der Waals surface area contributed by atoms with Gasteiger partial charge in [0.1, 0.15) is 0 Å². The highest BCUT2D eigenvalue weighted by molar-refractivity contribution is 8.00. The number of thioether (sulfide) groups is 1. The van der Waals surface area contributed by atoms with Crippen LogP contribution in [0.15, 0.2) is 46.2 Å². The molecule has 1 aliphatic rings. The Hall–Kier alpha value is -1.99. The van der Waals surface area contributed by atoms with Gasteiger partial charge in [-0.3, -0.25) is 9.52 Å². The Balaban J connectivity index is 1.94. The third-order valence-electron chi connectivity index (χ3n) is 3.96. The van der Waals surface area contributed by atoms with Crippen LogP contribution in [-0.4, -0.2) is 19.6 Å². The lowest BCUT2D eigenvalue weighted by atomic mass is 10.1. The number of benzene rings is 2. The largest absolute Gasteiger partial charge is 0.325 e. The molecule has 0 spiro atoms. The van der Waals surface area contributed by atoms with Gasteiger partial charge in [0.25, 0.3) is 10.0 Å². The quantitative estimate of drug-likeness (QED) is 0.851. The van der Waals surface area contributed by atoms with Crippen LogP contribution in [0.1, 0.15) is 24.5 Å². The zero-order valence-corrected chi connectivity index (χ0v) is 15.9. The molecule has 132 valence electrons. The molecular weight excluding hydrogens is 356 g/mol. The number of carbonyl (C=O) groups is 1. The number of aryl methyl sites for hydroxylation is 2. The summed E-state index contributed by atoms with van der Waals surface area (Å²) in [4.78, 5) is 12.9. The second-order valence-corrected chi connectivity index (χ2v) is 9.43. The summed E-state index contributed by atoms with van der Waals surface area (Å²) in [5.74, 6) is -0.101. The molecule has 0 fully saturated rings. The SMILES string of the molecule is Cc1ccc(NS(=O)(=O)c2ccc3c(c2)NC(=O)C[C@H](C)S3)c(C)c1. The standard InChI is InChI=1S/C18H20N2O3S2/c1-11-4-6-15(12(2)8-11)20-25(22,23)14-5-7-17-16(10-14)19-18(21)9-13(3)24-17/h4-8,10,13,20H,9H2,1-3H3,(H,19,21)/t13-/m0/s1. The lowest BCUT2D eigenvalue weighted by Gasteiger charge is -2.13. The van der Waals surface area contributed by atoms with Crippen molar-refractivity contribution in [3.8, 4) is 0 Å². The number of hydrogen-bond donors (Lipinski definition) is 2. The predicted octanol–water partition coefficient (Wildman–Crippen LogP) is 3.93. The molecule has 1 atom stereocenters. The first kappa shape index (κ1) is 17.8. The van der Waals surface area contributed by atoms with Crippen molar-refractivity contribution in [3.05, 3.63) is 47.5 Å². The molecule has 25 heavy (non-hydrogen) atoms. The molecule has 1 heterocycles. The second-order valence-electron chi connectivity index (χ2n) is 6.26. The molecule has 1 amide bonds. The molecule has 0 bridgehead atoms. The van der Waals surface area contributed by atoms with Crippen molar-refractivity contribution in [3.63, 3.8) is 0 Å².